The van der Waals surface area contributed by atoms with Crippen LogP contribution in [-0.4, -0.2) is 28.4 Å². The molecule has 0 bridgehead atoms. The quantitative estimate of drug-likeness (QED) is 0.785. The summed E-state index contributed by atoms with van der Waals surface area (Å²) in [5.74, 6) is 2.04. The van der Waals surface area contributed by atoms with Crippen LogP contribution in [0.1, 0.15) is 25.5 Å². The number of aromatic amines is 1. The molecule has 1 atom stereocenters. The molecule has 1 N–H and O–H groups in total. The first-order valence-electron chi connectivity index (χ1n) is 5.70. The molecule has 1 amide bonds. The minimum absolute atomic E-state index is 0.161. The number of thiol groups is 1. The Balaban J connectivity index is 2.09. The van der Waals surface area contributed by atoms with Gasteiger partial charge in [-0.15, -0.1) is 0 Å². The molecule has 0 aliphatic carbocycles. The van der Waals surface area contributed by atoms with E-state index in [1.165, 1.54) is 0 Å². The lowest BCUT2D eigenvalue weighted by atomic mass is 10.1. The number of aryl methyl sites for hydroxylation is 1. The predicted octanol–water partition coefficient (Wildman–Crippen LogP) is 1.64. The van der Waals surface area contributed by atoms with Crippen LogP contribution in [-0.2, 0) is 11.2 Å². The van der Waals surface area contributed by atoms with Crippen LogP contribution in [0.4, 0.5) is 5.82 Å². The number of aromatic nitrogens is 2. The molecule has 2 heterocycles. The highest BCUT2D eigenvalue weighted by molar-refractivity contribution is 7.80. The molecule has 0 radical (unpaired) electrons. The van der Waals surface area contributed by atoms with Crippen molar-refractivity contribution in [1.82, 2.24) is 10.2 Å². The molecule has 1 unspecified atom stereocenters. The van der Waals surface area contributed by atoms with Gasteiger partial charge in [0.15, 0.2) is 5.82 Å². The van der Waals surface area contributed by atoms with E-state index in [9.17, 15) is 4.79 Å². The molecule has 1 saturated heterocycles. The van der Waals surface area contributed by atoms with Crippen LogP contribution in [0.25, 0.3) is 0 Å². The summed E-state index contributed by atoms with van der Waals surface area (Å²) in [4.78, 5) is 13.5. The van der Waals surface area contributed by atoms with Gasteiger partial charge < -0.3 is 0 Å². The van der Waals surface area contributed by atoms with Gasteiger partial charge in [0.1, 0.15) is 0 Å². The van der Waals surface area contributed by atoms with Gasteiger partial charge >= 0.3 is 0 Å². The van der Waals surface area contributed by atoms with Crippen molar-refractivity contribution in [2.45, 2.75) is 26.2 Å². The summed E-state index contributed by atoms with van der Waals surface area (Å²) in [5, 5.41) is 7.17. The Hall–Kier alpha value is -0.970. The fourth-order valence-corrected chi connectivity index (χ4v) is 2.26. The summed E-state index contributed by atoms with van der Waals surface area (Å²) in [6.45, 7) is 2.87. The van der Waals surface area contributed by atoms with Crippen molar-refractivity contribution in [3.63, 3.8) is 0 Å². The number of hydrogen-bond donors (Lipinski definition) is 2. The van der Waals surface area contributed by atoms with Gasteiger partial charge in [-0.1, -0.05) is 13.3 Å². The Morgan fingerprint density at radius 2 is 2.50 bits per heavy atom. The maximum absolute atomic E-state index is 11.7. The van der Waals surface area contributed by atoms with E-state index < -0.39 is 0 Å². The Bertz CT molecular complexity index is 377. The molecule has 2 rings (SSSR count). The molecule has 4 nitrogen and oxygen atoms in total. The molecular formula is C11H17N3OS. The lowest BCUT2D eigenvalue weighted by molar-refractivity contribution is -0.117. The second-order valence-corrected chi connectivity index (χ2v) is 4.62. The number of nitrogens with zero attached hydrogens (tertiary/aromatic N) is 2. The minimum Gasteiger partial charge on any atom is -0.295 e. The van der Waals surface area contributed by atoms with E-state index in [1.807, 2.05) is 6.07 Å². The third kappa shape index (κ3) is 2.24. The van der Waals surface area contributed by atoms with E-state index in [0.717, 1.165) is 36.7 Å². The van der Waals surface area contributed by atoms with Crippen molar-refractivity contribution in [2.75, 3.05) is 17.2 Å². The number of amides is 1. The van der Waals surface area contributed by atoms with E-state index >= 15 is 0 Å². The molecule has 0 spiro atoms. The highest BCUT2D eigenvalue weighted by Crippen LogP contribution is 2.24. The summed E-state index contributed by atoms with van der Waals surface area (Å²) in [6.07, 6.45) is 2.65. The maximum atomic E-state index is 11.7. The van der Waals surface area contributed by atoms with E-state index in [1.54, 1.807) is 4.90 Å². The molecule has 0 saturated carbocycles. The molecule has 16 heavy (non-hydrogen) atoms. The normalized spacial score (nSPS) is 20.8. The molecule has 1 fully saturated rings. The van der Waals surface area contributed by atoms with Gasteiger partial charge in [-0.05, 0) is 18.1 Å². The second kappa shape index (κ2) is 4.91. The Morgan fingerprint density at radius 3 is 3.12 bits per heavy atom. The van der Waals surface area contributed by atoms with E-state index in [2.05, 4.69) is 29.7 Å². The largest absolute Gasteiger partial charge is 0.295 e. The summed E-state index contributed by atoms with van der Waals surface area (Å²) in [6, 6.07) is 1.97. The first kappa shape index (κ1) is 11.5. The lowest BCUT2D eigenvalue weighted by Crippen LogP contribution is -2.24. The van der Waals surface area contributed by atoms with Crippen molar-refractivity contribution in [1.29, 1.82) is 0 Å². The standard InChI is InChI=1S/C11H17N3OS/c1-2-3-9-5-10(13-12-9)14-6-8(7-16)4-11(14)15/h5,8,16H,2-4,6-7H2,1H3,(H,12,13). The zero-order valence-corrected chi connectivity index (χ0v) is 10.3. The Morgan fingerprint density at radius 1 is 1.69 bits per heavy atom. The van der Waals surface area contributed by atoms with Crippen LogP contribution in [0.3, 0.4) is 0 Å². The van der Waals surface area contributed by atoms with Crippen LogP contribution in [0.5, 0.6) is 0 Å². The van der Waals surface area contributed by atoms with Gasteiger partial charge in [0.2, 0.25) is 5.91 Å². The van der Waals surface area contributed by atoms with Crippen molar-refractivity contribution >= 4 is 24.4 Å². The van der Waals surface area contributed by atoms with Crippen molar-refractivity contribution < 1.29 is 4.79 Å². The number of anilines is 1. The molecule has 1 aromatic heterocycles. The van der Waals surface area contributed by atoms with Crippen LogP contribution in [0, 0.1) is 5.92 Å². The summed E-state index contributed by atoms with van der Waals surface area (Å²) < 4.78 is 0. The zero-order valence-electron chi connectivity index (χ0n) is 9.44. The molecule has 1 aliphatic rings. The summed E-state index contributed by atoms with van der Waals surface area (Å²) >= 11 is 4.24. The molecule has 5 heteroatoms. The fourth-order valence-electron chi connectivity index (χ4n) is 2.01. The molecular weight excluding hydrogens is 222 g/mol. The number of nitrogens with one attached hydrogen (secondary N) is 1. The van der Waals surface area contributed by atoms with Crippen molar-refractivity contribution in [3.05, 3.63) is 11.8 Å². The van der Waals surface area contributed by atoms with Crippen LogP contribution < -0.4 is 4.90 Å². The molecule has 0 aromatic carbocycles. The van der Waals surface area contributed by atoms with Crippen molar-refractivity contribution in [3.8, 4) is 0 Å². The number of rotatable bonds is 4. The number of H-pyrrole nitrogens is 1. The third-order valence-electron chi connectivity index (χ3n) is 2.88. The van der Waals surface area contributed by atoms with E-state index in [4.69, 9.17) is 0 Å². The topological polar surface area (TPSA) is 49.0 Å². The summed E-state index contributed by atoms with van der Waals surface area (Å²) in [5.41, 5.74) is 1.10. The first-order chi connectivity index (χ1) is 7.74. The molecule has 1 aromatic rings. The highest BCUT2D eigenvalue weighted by atomic mass is 32.1. The monoisotopic (exact) mass is 239 g/mol. The van der Waals surface area contributed by atoms with E-state index in [0.29, 0.717) is 12.3 Å². The minimum atomic E-state index is 0.161. The first-order valence-corrected chi connectivity index (χ1v) is 6.33. The van der Waals surface area contributed by atoms with Gasteiger partial charge in [-0.25, -0.2) is 0 Å². The number of hydrogen-bond acceptors (Lipinski definition) is 3. The fraction of sp³-hybridized carbons (Fsp3) is 0.636. The lowest BCUT2D eigenvalue weighted by Gasteiger charge is -2.11. The van der Waals surface area contributed by atoms with Gasteiger partial charge in [-0.3, -0.25) is 14.8 Å². The van der Waals surface area contributed by atoms with Gasteiger partial charge in [0.25, 0.3) is 0 Å². The van der Waals surface area contributed by atoms with Crippen LogP contribution in [0.2, 0.25) is 0 Å². The molecule has 88 valence electrons. The van der Waals surface area contributed by atoms with Crippen LogP contribution >= 0.6 is 12.6 Å². The van der Waals surface area contributed by atoms with Gasteiger partial charge in [-0.2, -0.15) is 17.7 Å². The average Bonchev–Trinajstić information content (AvgIpc) is 2.85. The zero-order chi connectivity index (χ0) is 11.5. The Labute approximate surface area is 101 Å². The van der Waals surface area contributed by atoms with Crippen LogP contribution in [0.15, 0.2) is 6.07 Å². The Kier molecular flexibility index (Phi) is 3.53. The molecule has 1 aliphatic heterocycles. The number of carbonyl (C=O) groups is 1. The van der Waals surface area contributed by atoms with Gasteiger partial charge in [0, 0.05) is 24.7 Å². The SMILES string of the molecule is CCCc1cc(N2CC(CS)CC2=O)n[nH]1. The predicted molar refractivity (Wildman–Crippen MR) is 66.9 cm³/mol. The van der Waals surface area contributed by atoms with E-state index in [-0.39, 0.29) is 5.91 Å². The second-order valence-electron chi connectivity index (χ2n) is 4.26. The van der Waals surface area contributed by atoms with Gasteiger partial charge in [0.05, 0.1) is 0 Å². The number of carbonyl (C=O) groups excluding carboxylic acids is 1. The average molecular weight is 239 g/mol. The highest BCUT2D eigenvalue weighted by Gasteiger charge is 2.30. The smallest absolute Gasteiger partial charge is 0.228 e. The maximum Gasteiger partial charge on any atom is 0.228 e. The summed E-state index contributed by atoms with van der Waals surface area (Å²) in [7, 11) is 0. The van der Waals surface area contributed by atoms with Crippen molar-refractivity contribution in [2.24, 2.45) is 5.92 Å². The third-order valence-corrected chi connectivity index (χ3v) is 3.39.